The van der Waals surface area contributed by atoms with E-state index in [4.69, 9.17) is 11.6 Å². The lowest BCUT2D eigenvalue weighted by Gasteiger charge is -2.34. The maximum absolute atomic E-state index is 9.65. The summed E-state index contributed by atoms with van der Waals surface area (Å²) in [6, 6.07) is 7.99. The van der Waals surface area contributed by atoms with Crippen molar-refractivity contribution in [2.75, 3.05) is 13.1 Å². The van der Waals surface area contributed by atoms with E-state index < -0.39 is 0 Å². The molecule has 0 saturated carbocycles. The van der Waals surface area contributed by atoms with Gasteiger partial charge in [-0.3, -0.25) is 4.90 Å². The fourth-order valence-corrected chi connectivity index (χ4v) is 2.34. The number of rotatable bonds is 2. The summed E-state index contributed by atoms with van der Waals surface area (Å²) in [4.78, 5) is 2.39. The maximum Gasteiger partial charge on any atom is 0.0590 e. The quantitative estimate of drug-likeness (QED) is 0.858. The first-order chi connectivity index (χ1) is 7.65. The normalized spacial score (nSPS) is 26.9. The van der Waals surface area contributed by atoms with Gasteiger partial charge in [0.05, 0.1) is 6.10 Å². The third-order valence-electron chi connectivity index (χ3n) is 3.26. The second-order valence-electron chi connectivity index (χ2n) is 4.69. The molecule has 0 radical (unpaired) electrons. The number of aliphatic hydroxyl groups is 1. The third-order valence-corrected chi connectivity index (χ3v) is 3.52. The van der Waals surface area contributed by atoms with Crippen LogP contribution in [0.4, 0.5) is 0 Å². The number of halogens is 1. The molecule has 1 aliphatic rings. The Hall–Kier alpha value is -0.570. The summed E-state index contributed by atoms with van der Waals surface area (Å²) in [5.41, 5.74) is 1.29. The lowest BCUT2D eigenvalue weighted by Crippen LogP contribution is -2.41. The number of hydrogen-bond acceptors (Lipinski definition) is 2. The number of aliphatic hydroxyl groups excluding tert-OH is 1. The summed E-state index contributed by atoms with van der Waals surface area (Å²) in [6.45, 7) is 5.02. The monoisotopic (exact) mass is 239 g/mol. The Labute approximate surface area is 102 Å². The van der Waals surface area contributed by atoms with Crippen LogP contribution in [-0.4, -0.2) is 29.2 Å². The van der Waals surface area contributed by atoms with Crippen molar-refractivity contribution in [2.24, 2.45) is 5.92 Å². The minimum Gasteiger partial charge on any atom is -0.393 e. The highest BCUT2D eigenvalue weighted by Crippen LogP contribution is 2.19. The molecule has 0 aromatic heterocycles. The van der Waals surface area contributed by atoms with Crippen molar-refractivity contribution >= 4 is 11.6 Å². The first-order valence-electron chi connectivity index (χ1n) is 5.80. The van der Waals surface area contributed by atoms with E-state index in [-0.39, 0.29) is 6.10 Å². The zero-order chi connectivity index (χ0) is 11.5. The van der Waals surface area contributed by atoms with Crippen molar-refractivity contribution < 1.29 is 5.11 Å². The summed E-state index contributed by atoms with van der Waals surface area (Å²) in [5.74, 6) is 0.376. The molecule has 1 aliphatic heterocycles. The molecule has 88 valence electrons. The highest BCUT2D eigenvalue weighted by atomic mass is 35.5. The van der Waals surface area contributed by atoms with Crippen molar-refractivity contribution in [1.29, 1.82) is 0 Å². The molecular formula is C13H18ClNO. The second-order valence-corrected chi connectivity index (χ2v) is 5.13. The lowest BCUT2D eigenvalue weighted by molar-refractivity contribution is 0.0320. The molecule has 0 unspecified atom stereocenters. The Balaban J connectivity index is 1.93. The Kier molecular flexibility index (Phi) is 3.85. The van der Waals surface area contributed by atoms with Gasteiger partial charge in [-0.05, 0) is 30.0 Å². The van der Waals surface area contributed by atoms with E-state index in [9.17, 15) is 5.11 Å². The largest absolute Gasteiger partial charge is 0.393 e. The lowest BCUT2D eigenvalue weighted by atomic mass is 9.96. The second kappa shape index (κ2) is 5.17. The van der Waals surface area contributed by atoms with E-state index in [0.29, 0.717) is 5.92 Å². The Morgan fingerprint density at radius 1 is 1.38 bits per heavy atom. The van der Waals surface area contributed by atoms with Crippen LogP contribution in [0.1, 0.15) is 18.9 Å². The van der Waals surface area contributed by atoms with E-state index in [1.807, 2.05) is 12.1 Å². The van der Waals surface area contributed by atoms with Crippen molar-refractivity contribution in [1.82, 2.24) is 4.90 Å². The molecule has 16 heavy (non-hydrogen) atoms. The molecule has 0 aliphatic carbocycles. The molecule has 2 rings (SSSR count). The molecule has 2 atom stereocenters. The van der Waals surface area contributed by atoms with Crippen molar-refractivity contribution in [3.05, 3.63) is 34.9 Å². The van der Waals surface area contributed by atoms with Gasteiger partial charge in [0.2, 0.25) is 0 Å². The molecule has 1 fully saturated rings. The van der Waals surface area contributed by atoms with Crippen molar-refractivity contribution in [3.8, 4) is 0 Å². The predicted octanol–water partition coefficient (Wildman–Crippen LogP) is 2.54. The topological polar surface area (TPSA) is 23.5 Å². The summed E-state index contributed by atoms with van der Waals surface area (Å²) in [7, 11) is 0. The number of likely N-dealkylation sites (tertiary alicyclic amines) is 1. The van der Waals surface area contributed by atoms with E-state index in [1.54, 1.807) is 0 Å². The van der Waals surface area contributed by atoms with Gasteiger partial charge < -0.3 is 5.11 Å². The fraction of sp³-hybridized carbons (Fsp3) is 0.538. The van der Waals surface area contributed by atoms with Crippen LogP contribution < -0.4 is 0 Å². The molecular weight excluding hydrogens is 222 g/mol. The van der Waals surface area contributed by atoms with Crippen LogP contribution in [0.3, 0.4) is 0 Å². The van der Waals surface area contributed by atoms with Gasteiger partial charge in [-0.2, -0.15) is 0 Å². The van der Waals surface area contributed by atoms with Crippen LogP contribution in [0.2, 0.25) is 5.02 Å². The Morgan fingerprint density at radius 3 is 2.69 bits per heavy atom. The van der Waals surface area contributed by atoms with Gasteiger partial charge in [0, 0.05) is 24.7 Å². The SMILES string of the molecule is C[C@H]1CN(Cc2ccc(Cl)cc2)CC[C@H]1O. The smallest absolute Gasteiger partial charge is 0.0590 e. The molecule has 1 saturated heterocycles. The van der Waals surface area contributed by atoms with Gasteiger partial charge in [-0.25, -0.2) is 0 Å². The van der Waals surface area contributed by atoms with E-state index in [2.05, 4.69) is 24.0 Å². The number of piperidine rings is 1. The zero-order valence-corrected chi connectivity index (χ0v) is 10.3. The molecule has 3 heteroatoms. The van der Waals surface area contributed by atoms with Gasteiger partial charge in [0.15, 0.2) is 0 Å². The van der Waals surface area contributed by atoms with Crippen molar-refractivity contribution in [2.45, 2.75) is 26.0 Å². The Morgan fingerprint density at radius 2 is 2.06 bits per heavy atom. The van der Waals surface area contributed by atoms with Crippen LogP contribution in [0.25, 0.3) is 0 Å². The van der Waals surface area contributed by atoms with Gasteiger partial charge in [-0.15, -0.1) is 0 Å². The molecule has 1 aromatic rings. The van der Waals surface area contributed by atoms with Crippen LogP contribution in [0, 0.1) is 5.92 Å². The molecule has 1 N–H and O–H groups in total. The van der Waals surface area contributed by atoms with Gasteiger partial charge in [-0.1, -0.05) is 30.7 Å². The summed E-state index contributed by atoms with van der Waals surface area (Å²) in [5, 5.41) is 10.4. The van der Waals surface area contributed by atoms with Gasteiger partial charge in [0.1, 0.15) is 0 Å². The molecule has 0 bridgehead atoms. The van der Waals surface area contributed by atoms with Crippen LogP contribution in [0.15, 0.2) is 24.3 Å². The highest BCUT2D eigenvalue weighted by molar-refractivity contribution is 6.30. The first-order valence-corrected chi connectivity index (χ1v) is 6.18. The minimum atomic E-state index is -0.124. The minimum absolute atomic E-state index is 0.124. The standard InChI is InChI=1S/C13H18ClNO/c1-10-8-15(7-6-13(10)16)9-11-2-4-12(14)5-3-11/h2-5,10,13,16H,6-9H2,1H3/t10-,13+/m0/s1. The van der Waals surface area contributed by atoms with E-state index in [1.165, 1.54) is 5.56 Å². The zero-order valence-electron chi connectivity index (χ0n) is 9.56. The number of hydrogen-bond donors (Lipinski definition) is 1. The van der Waals surface area contributed by atoms with Crippen molar-refractivity contribution in [3.63, 3.8) is 0 Å². The average Bonchev–Trinajstić information content (AvgIpc) is 2.27. The molecule has 0 spiro atoms. The van der Waals surface area contributed by atoms with Crippen LogP contribution in [0.5, 0.6) is 0 Å². The van der Waals surface area contributed by atoms with E-state index >= 15 is 0 Å². The number of nitrogens with zero attached hydrogens (tertiary/aromatic N) is 1. The third kappa shape index (κ3) is 2.97. The fourth-order valence-electron chi connectivity index (χ4n) is 2.21. The molecule has 0 amide bonds. The number of benzene rings is 1. The Bertz CT molecular complexity index is 338. The highest BCUT2D eigenvalue weighted by Gasteiger charge is 2.23. The summed E-state index contributed by atoms with van der Waals surface area (Å²) < 4.78 is 0. The summed E-state index contributed by atoms with van der Waals surface area (Å²) >= 11 is 5.85. The van der Waals surface area contributed by atoms with E-state index in [0.717, 1.165) is 31.1 Å². The van der Waals surface area contributed by atoms with Crippen LogP contribution >= 0.6 is 11.6 Å². The molecule has 1 heterocycles. The average molecular weight is 240 g/mol. The van der Waals surface area contributed by atoms with Gasteiger partial charge in [0.25, 0.3) is 0 Å². The molecule has 2 nitrogen and oxygen atoms in total. The predicted molar refractivity (Wildman–Crippen MR) is 66.5 cm³/mol. The first kappa shape index (κ1) is 11.9. The van der Waals surface area contributed by atoms with Gasteiger partial charge >= 0.3 is 0 Å². The van der Waals surface area contributed by atoms with Crippen LogP contribution in [-0.2, 0) is 6.54 Å². The summed E-state index contributed by atoms with van der Waals surface area (Å²) in [6.07, 6.45) is 0.760. The maximum atomic E-state index is 9.65. The molecule has 1 aromatic carbocycles.